The second kappa shape index (κ2) is 8.67. The number of aromatic hydroxyl groups is 1. The molecule has 28 heavy (non-hydrogen) atoms. The summed E-state index contributed by atoms with van der Waals surface area (Å²) >= 11 is 0. The lowest BCUT2D eigenvalue weighted by molar-refractivity contribution is -0.137. The number of benzene rings is 2. The van der Waals surface area contributed by atoms with E-state index in [1.807, 2.05) is 0 Å². The van der Waals surface area contributed by atoms with Crippen molar-refractivity contribution < 1.29 is 34.0 Å². The molecule has 0 radical (unpaired) electrons. The number of aliphatic hydroxyl groups excluding tert-OH is 1. The van der Waals surface area contributed by atoms with Crippen molar-refractivity contribution in [3.05, 3.63) is 53.6 Å². The van der Waals surface area contributed by atoms with Crippen LogP contribution < -0.4 is 14.2 Å². The number of hydrogen-bond donors (Lipinski definition) is 2. The molecule has 0 saturated carbocycles. The smallest absolute Gasteiger partial charge is 0.330 e. The number of fused-ring (bicyclic) bond motifs is 1. The fourth-order valence-electron chi connectivity index (χ4n) is 2.90. The van der Waals surface area contributed by atoms with Crippen LogP contribution in [0.25, 0.3) is 6.08 Å². The molecule has 0 amide bonds. The van der Waals surface area contributed by atoms with Gasteiger partial charge in [0.25, 0.3) is 0 Å². The maximum atomic E-state index is 11.5. The molecule has 1 aliphatic rings. The van der Waals surface area contributed by atoms with Gasteiger partial charge in [-0.15, -0.1) is 0 Å². The van der Waals surface area contributed by atoms with Gasteiger partial charge in [0.15, 0.2) is 35.2 Å². The van der Waals surface area contributed by atoms with Crippen LogP contribution in [0.1, 0.15) is 24.2 Å². The molecule has 0 spiro atoms. The minimum atomic E-state index is -0.647. The lowest BCUT2D eigenvalue weighted by Gasteiger charge is -2.33. The number of hydrogen-bond acceptors (Lipinski definition) is 7. The monoisotopic (exact) mass is 386 g/mol. The molecule has 7 nitrogen and oxygen atoms in total. The van der Waals surface area contributed by atoms with Gasteiger partial charge in [-0.05, 0) is 42.8 Å². The molecule has 3 rings (SSSR count). The molecule has 0 bridgehead atoms. The number of esters is 1. The molecule has 7 heteroatoms. The summed E-state index contributed by atoms with van der Waals surface area (Å²) in [4.78, 5) is 11.5. The zero-order valence-corrected chi connectivity index (χ0v) is 15.6. The highest BCUT2D eigenvalue weighted by atomic mass is 16.6. The van der Waals surface area contributed by atoms with E-state index < -0.39 is 18.2 Å². The fraction of sp³-hybridized carbons (Fsp3) is 0.286. The normalized spacial score (nSPS) is 18.1. The Balaban J connectivity index is 1.85. The third kappa shape index (κ3) is 4.20. The van der Waals surface area contributed by atoms with Crippen LogP contribution in [-0.4, -0.2) is 42.6 Å². The minimum Gasteiger partial charge on any atom is -0.504 e. The highest BCUT2D eigenvalue weighted by molar-refractivity contribution is 5.87. The summed E-state index contributed by atoms with van der Waals surface area (Å²) in [6.07, 6.45) is 1.73. The Morgan fingerprint density at radius 1 is 1.18 bits per heavy atom. The molecule has 2 aromatic carbocycles. The third-order valence-electron chi connectivity index (χ3n) is 4.25. The maximum absolute atomic E-state index is 11.5. The molecule has 148 valence electrons. The SMILES string of the molecule is CCOC(=O)/C=C/c1ccc2c(c1)OC(CO)C(c1ccc(O)c(OC)c1)O2. The lowest BCUT2D eigenvalue weighted by Crippen LogP contribution is -2.36. The Hall–Kier alpha value is -3.19. The van der Waals surface area contributed by atoms with E-state index in [-0.39, 0.29) is 12.4 Å². The number of ether oxygens (including phenoxy) is 4. The van der Waals surface area contributed by atoms with Crippen LogP contribution in [0.4, 0.5) is 0 Å². The van der Waals surface area contributed by atoms with Crippen LogP contribution >= 0.6 is 0 Å². The van der Waals surface area contributed by atoms with Crippen LogP contribution in [0.3, 0.4) is 0 Å². The van der Waals surface area contributed by atoms with E-state index in [2.05, 4.69) is 0 Å². The zero-order valence-electron chi connectivity index (χ0n) is 15.6. The third-order valence-corrected chi connectivity index (χ3v) is 4.25. The van der Waals surface area contributed by atoms with Crippen molar-refractivity contribution in [2.45, 2.75) is 19.1 Å². The van der Waals surface area contributed by atoms with E-state index in [1.54, 1.807) is 43.3 Å². The minimum absolute atomic E-state index is 0.0157. The van der Waals surface area contributed by atoms with Gasteiger partial charge in [0.2, 0.25) is 0 Å². The predicted molar refractivity (Wildman–Crippen MR) is 102 cm³/mol. The van der Waals surface area contributed by atoms with Crippen LogP contribution in [0.2, 0.25) is 0 Å². The molecule has 0 aromatic heterocycles. The average Bonchev–Trinajstić information content (AvgIpc) is 2.71. The van der Waals surface area contributed by atoms with Crippen molar-refractivity contribution in [2.75, 3.05) is 20.3 Å². The van der Waals surface area contributed by atoms with Crippen molar-refractivity contribution in [3.63, 3.8) is 0 Å². The van der Waals surface area contributed by atoms with Gasteiger partial charge >= 0.3 is 5.97 Å². The second-order valence-corrected chi connectivity index (χ2v) is 6.10. The summed E-state index contributed by atoms with van der Waals surface area (Å²) < 4.78 is 22.0. The number of carbonyl (C=O) groups excluding carboxylic acids is 1. The maximum Gasteiger partial charge on any atom is 0.330 e. The van der Waals surface area contributed by atoms with Crippen molar-refractivity contribution >= 4 is 12.0 Å². The van der Waals surface area contributed by atoms with Gasteiger partial charge in [-0.2, -0.15) is 0 Å². The quantitative estimate of drug-likeness (QED) is 0.582. The molecule has 2 atom stereocenters. The Morgan fingerprint density at radius 2 is 2.00 bits per heavy atom. The van der Waals surface area contributed by atoms with Crippen LogP contribution in [-0.2, 0) is 9.53 Å². The highest BCUT2D eigenvalue weighted by Gasteiger charge is 2.33. The van der Waals surface area contributed by atoms with E-state index in [0.29, 0.717) is 29.4 Å². The molecular formula is C21H22O7. The number of phenols is 1. The Morgan fingerprint density at radius 3 is 2.71 bits per heavy atom. The Bertz CT molecular complexity index is 875. The lowest BCUT2D eigenvalue weighted by atomic mass is 10.0. The summed E-state index contributed by atoms with van der Waals surface area (Å²) in [6.45, 7) is 1.78. The molecular weight excluding hydrogens is 364 g/mol. The number of aliphatic hydroxyl groups is 1. The van der Waals surface area contributed by atoms with Crippen molar-refractivity contribution in [1.29, 1.82) is 0 Å². The fourth-order valence-corrected chi connectivity index (χ4v) is 2.90. The van der Waals surface area contributed by atoms with Gasteiger partial charge in [0.1, 0.15) is 0 Å². The molecule has 0 fully saturated rings. The Labute approximate surface area is 162 Å². The summed E-state index contributed by atoms with van der Waals surface area (Å²) in [5.41, 5.74) is 1.43. The first-order valence-corrected chi connectivity index (χ1v) is 8.85. The number of rotatable bonds is 6. The van der Waals surface area contributed by atoms with Crippen LogP contribution in [0, 0.1) is 0 Å². The molecule has 0 aliphatic carbocycles. The molecule has 1 aliphatic heterocycles. The first kappa shape index (κ1) is 19.6. The van der Waals surface area contributed by atoms with Crippen LogP contribution in [0.5, 0.6) is 23.0 Å². The van der Waals surface area contributed by atoms with Crippen LogP contribution in [0.15, 0.2) is 42.5 Å². The first-order chi connectivity index (χ1) is 13.5. The van der Waals surface area contributed by atoms with Gasteiger partial charge in [-0.3, -0.25) is 0 Å². The summed E-state index contributed by atoms with van der Waals surface area (Å²) in [6, 6.07) is 10.1. The van der Waals surface area contributed by atoms with E-state index in [4.69, 9.17) is 18.9 Å². The Kier molecular flexibility index (Phi) is 6.06. The summed E-state index contributed by atoms with van der Waals surface area (Å²) in [5.74, 6) is 0.874. The highest BCUT2D eigenvalue weighted by Crippen LogP contribution is 2.41. The largest absolute Gasteiger partial charge is 0.504 e. The van der Waals surface area contributed by atoms with E-state index in [1.165, 1.54) is 19.3 Å². The topological polar surface area (TPSA) is 94.5 Å². The predicted octanol–water partition coefficient (Wildman–Crippen LogP) is 2.85. The number of carbonyl (C=O) groups is 1. The van der Waals surface area contributed by atoms with Crippen molar-refractivity contribution in [1.82, 2.24) is 0 Å². The average molecular weight is 386 g/mol. The van der Waals surface area contributed by atoms with Gasteiger partial charge < -0.3 is 29.2 Å². The summed E-state index contributed by atoms with van der Waals surface area (Å²) in [7, 11) is 1.46. The van der Waals surface area contributed by atoms with Gasteiger partial charge in [0, 0.05) is 11.6 Å². The molecule has 2 aromatic rings. The zero-order chi connectivity index (χ0) is 20.1. The van der Waals surface area contributed by atoms with Gasteiger partial charge in [-0.1, -0.05) is 12.1 Å². The van der Waals surface area contributed by atoms with E-state index >= 15 is 0 Å². The van der Waals surface area contributed by atoms with Crippen molar-refractivity contribution in [3.8, 4) is 23.0 Å². The van der Waals surface area contributed by atoms with Gasteiger partial charge in [0.05, 0.1) is 20.3 Å². The molecule has 2 unspecified atom stereocenters. The molecule has 0 saturated heterocycles. The van der Waals surface area contributed by atoms with Crippen molar-refractivity contribution in [2.24, 2.45) is 0 Å². The first-order valence-electron chi connectivity index (χ1n) is 8.85. The summed E-state index contributed by atoms with van der Waals surface area (Å²) in [5, 5.41) is 19.6. The number of methoxy groups -OCH3 is 1. The number of phenolic OH excluding ortho intramolecular Hbond substituents is 1. The standard InChI is InChI=1S/C21H22O7/c1-3-26-20(24)9-5-13-4-8-16-18(10-13)27-19(12-22)21(28-16)14-6-7-15(23)17(11-14)25-2/h4-11,19,21-23H,3,12H2,1-2H3/b9-5+. The van der Waals surface area contributed by atoms with E-state index in [0.717, 1.165) is 5.56 Å². The van der Waals surface area contributed by atoms with Gasteiger partial charge in [-0.25, -0.2) is 4.79 Å². The molecule has 1 heterocycles. The second-order valence-electron chi connectivity index (χ2n) is 6.10. The molecule has 2 N–H and O–H groups in total. The van der Waals surface area contributed by atoms with E-state index in [9.17, 15) is 15.0 Å².